The third-order valence-electron chi connectivity index (χ3n) is 5.91. The smallest absolute Gasteiger partial charge is 0.225 e. The Hall–Kier alpha value is -2.06. The Balaban J connectivity index is 1.33. The van der Waals surface area contributed by atoms with E-state index in [1.165, 1.54) is 11.1 Å². The molecular formula is C23H33N5O2. The van der Waals surface area contributed by atoms with Crippen LogP contribution in [0.3, 0.4) is 0 Å². The Morgan fingerprint density at radius 2 is 1.87 bits per heavy atom. The van der Waals surface area contributed by atoms with Gasteiger partial charge in [0.2, 0.25) is 5.95 Å². The van der Waals surface area contributed by atoms with Crippen LogP contribution in [0, 0.1) is 0 Å². The molecular weight excluding hydrogens is 378 g/mol. The summed E-state index contributed by atoms with van der Waals surface area (Å²) in [5.74, 6) is 0.703. The molecule has 7 heteroatoms. The minimum atomic E-state index is -0.752. The van der Waals surface area contributed by atoms with Crippen LogP contribution in [0.1, 0.15) is 24.0 Å². The number of likely N-dealkylation sites (N-methyl/N-ethyl adjacent to an activating group) is 1. The van der Waals surface area contributed by atoms with Gasteiger partial charge in [0.05, 0.1) is 25.4 Å². The molecule has 1 aromatic heterocycles. The van der Waals surface area contributed by atoms with Crippen LogP contribution in [0.25, 0.3) is 0 Å². The molecule has 2 aliphatic heterocycles. The van der Waals surface area contributed by atoms with Crippen molar-refractivity contribution < 1.29 is 9.84 Å². The summed E-state index contributed by atoms with van der Waals surface area (Å²) in [6.07, 6.45) is 5.26. The highest BCUT2D eigenvalue weighted by molar-refractivity contribution is 5.30. The van der Waals surface area contributed by atoms with Crippen LogP contribution < -0.4 is 4.90 Å². The van der Waals surface area contributed by atoms with E-state index in [9.17, 15) is 5.11 Å². The van der Waals surface area contributed by atoms with E-state index in [-0.39, 0.29) is 0 Å². The van der Waals surface area contributed by atoms with Gasteiger partial charge in [0.25, 0.3) is 0 Å². The van der Waals surface area contributed by atoms with E-state index < -0.39 is 5.60 Å². The lowest BCUT2D eigenvalue weighted by Crippen LogP contribution is -2.54. The van der Waals surface area contributed by atoms with Gasteiger partial charge in [-0.3, -0.25) is 9.80 Å². The molecule has 0 spiro atoms. The lowest BCUT2D eigenvalue weighted by molar-refractivity contribution is -0.00366. The van der Waals surface area contributed by atoms with E-state index in [4.69, 9.17) is 4.74 Å². The van der Waals surface area contributed by atoms with Gasteiger partial charge in [-0.25, -0.2) is 9.97 Å². The number of anilines is 1. The van der Waals surface area contributed by atoms with E-state index in [1.54, 1.807) is 12.4 Å². The highest BCUT2D eigenvalue weighted by Crippen LogP contribution is 2.25. The average Bonchev–Trinajstić information content (AvgIpc) is 2.75. The predicted molar refractivity (Wildman–Crippen MR) is 117 cm³/mol. The van der Waals surface area contributed by atoms with E-state index in [0.717, 1.165) is 58.8 Å². The first-order valence-corrected chi connectivity index (χ1v) is 10.9. The molecule has 2 aliphatic rings. The SMILES string of the molecule is CN(Cc1cccc(CN2CCOCC2)c1)C[C@@]1(O)CCCN(c2ncccn2)C1. The third-order valence-corrected chi connectivity index (χ3v) is 5.91. The van der Waals surface area contributed by atoms with Crippen LogP contribution in [0.5, 0.6) is 0 Å². The molecule has 162 valence electrons. The molecule has 30 heavy (non-hydrogen) atoms. The molecule has 7 nitrogen and oxygen atoms in total. The maximum Gasteiger partial charge on any atom is 0.225 e. The summed E-state index contributed by atoms with van der Waals surface area (Å²) in [6, 6.07) is 10.6. The molecule has 2 aromatic rings. The standard InChI is InChI=1S/C23H33N5O2/c1-26(16-20-5-2-6-21(15-20)17-27-11-13-30-14-12-27)18-23(29)7-3-10-28(19-23)22-24-8-4-9-25-22/h2,4-6,8-9,15,29H,3,7,10-14,16-19H2,1H3/t23-/m0/s1. The van der Waals surface area contributed by atoms with Crippen molar-refractivity contribution in [2.75, 3.05) is 57.9 Å². The number of nitrogens with zero attached hydrogens (tertiary/aromatic N) is 5. The molecule has 0 saturated carbocycles. The van der Waals surface area contributed by atoms with Gasteiger partial charge in [0.1, 0.15) is 0 Å². The highest BCUT2D eigenvalue weighted by Gasteiger charge is 2.35. The Bertz CT molecular complexity index is 799. The number of ether oxygens (including phenoxy) is 1. The number of β-amino-alcohol motifs (C(OH)–C–C–N with tert-alkyl or cyclic N) is 1. The average molecular weight is 412 g/mol. The quantitative estimate of drug-likeness (QED) is 0.745. The van der Waals surface area contributed by atoms with Gasteiger partial charge >= 0.3 is 0 Å². The number of hydrogen-bond acceptors (Lipinski definition) is 7. The second-order valence-corrected chi connectivity index (χ2v) is 8.68. The van der Waals surface area contributed by atoms with Gasteiger partial charge in [-0.2, -0.15) is 0 Å². The molecule has 0 aliphatic carbocycles. The first-order chi connectivity index (χ1) is 14.6. The van der Waals surface area contributed by atoms with E-state index in [0.29, 0.717) is 19.0 Å². The lowest BCUT2D eigenvalue weighted by Gasteiger charge is -2.41. The van der Waals surface area contributed by atoms with Gasteiger partial charge in [0.15, 0.2) is 0 Å². The monoisotopic (exact) mass is 411 g/mol. The Kier molecular flexibility index (Phi) is 6.94. The molecule has 1 aromatic carbocycles. The number of hydrogen-bond donors (Lipinski definition) is 1. The molecule has 2 saturated heterocycles. The normalized spacial score (nSPS) is 23.1. The maximum absolute atomic E-state index is 11.3. The largest absolute Gasteiger partial charge is 0.387 e. The third kappa shape index (κ3) is 5.76. The summed E-state index contributed by atoms with van der Waals surface area (Å²) in [5, 5.41) is 11.3. The van der Waals surface area contributed by atoms with E-state index in [2.05, 4.69) is 56.0 Å². The van der Waals surface area contributed by atoms with Crippen molar-refractivity contribution >= 4 is 5.95 Å². The fourth-order valence-corrected chi connectivity index (χ4v) is 4.58. The molecule has 0 bridgehead atoms. The zero-order chi connectivity index (χ0) is 20.8. The molecule has 3 heterocycles. The first kappa shape index (κ1) is 21.2. The maximum atomic E-state index is 11.3. The van der Waals surface area contributed by atoms with Crippen molar-refractivity contribution in [3.05, 3.63) is 53.9 Å². The van der Waals surface area contributed by atoms with Crippen molar-refractivity contribution in [1.82, 2.24) is 19.8 Å². The van der Waals surface area contributed by atoms with Gasteiger partial charge in [-0.15, -0.1) is 0 Å². The summed E-state index contributed by atoms with van der Waals surface area (Å²) < 4.78 is 5.45. The van der Waals surface area contributed by atoms with Crippen LogP contribution in [0.4, 0.5) is 5.95 Å². The van der Waals surface area contributed by atoms with Crippen molar-refractivity contribution in [2.45, 2.75) is 31.5 Å². The lowest BCUT2D eigenvalue weighted by atomic mass is 9.92. The fraction of sp³-hybridized carbons (Fsp3) is 0.565. The van der Waals surface area contributed by atoms with Gasteiger partial charge < -0.3 is 14.7 Å². The minimum absolute atomic E-state index is 0.568. The predicted octanol–water partition coefficient (Wildman–Crippen LogP) is 1.77. The van der Waals surface area contributed by atoms with E-state index >= 15 is 0 Å². The Morgan fingerprint density at radius 3 is 2.67 bits per heavy atom. The van der Waals surface area contributed by atoms with Crippen molar-refractivity contribution in [1.29, 1.82) is 0 Å². The van der Waals surface area contributed by atoms with Gasteiger partial charge in [-0.05, 0) is 37.1 Å². The van der Waals surface area contributed by atoms with Crippen molar-refractivity contribution in [2.24, 2.45) is 0 Å². The topological polar surface area (TPSA) is 65.0 Å². The molecule has 1 N–H and O–H groups in total. The van der Waals surface area contributed by atoms with Gasteiger partial charge in [-0.1, -0.05) is 24.3 Å². The minimum Gasteiger partial charge on any atom is -0.387 e. The number of aliphatic hydroxyl groups is 1. The first-order valence-electron chi connectivity index (χ1n) is 10.9. The van der Waals surface area contributed by atoms with Crippen LogP contribution >= 0.6 is 0 Å². The summed E-state index contributed by atoms with van der Waals surface area (Å²) in [5.41, 5.74) is 1.87. The summed E-state index contributed by atoms with van der Waals surface area (Å²) in [7, 11) is 2.09. The van der Waals surface area contributed by atoms with Crippen LogP contribution in [-0.4, -0.2) is 83.5 Å². The van der Waals surface area contributed by atoms with Crippen molar-refractivity contribution in [3.8, 4) is 0 Å². The molecule has 0 unspecified atom stereocenters. The second kappa shape index (κ2) is 9.83. The molecule has 4 rings (SSSR count). The molecule has 1 atom stereocenters. The fourth-order valence-electron chi connectivity index (χ4n) is 4.58. The zero-order valence-electron chi connectivity index (χ0n) is 17.9. The number of benzene rings is 1. The van der Waals surface area contributed by atoms with Gasteiger partial charge in [0, 0.05) is 51.7 Å². The number of rotatable bonds is 7. The Labute approximate surface area is 179 Å². The Morgan fingerprint density at radius 1 is 1.10 bits per heavy atom. The molecule has 0 amide bonds. The molecule has 0 radical (unpaired) electrons. The van der Waals surface area contributed by atoms with Crippen LogP contribution in [-0.2, 0) is 17.8 Å². The number of aromatic nitrogens is 2. The summed E-state index contributed by atoms with van der Waals surface area (Å²) in [6.45, 7) is 7.52. The summed E-state index contributed by atoms with van der Waals surface area (Å²) >= 11 is 0. The van der Waals surface area contributed by atoms with E-state index in [1.807, 2.05) is 6.07 Å². The summed E-state index contributed by atoms with van der Waals surface area (Å²) in [4.78, 5) is 15.5. The van der Waals surface area contributed by atoms with Crippen molar-refractivity contribution in [3.63, 3.8) is 0 Å². The second-order valence-electron chi connectivity index (χ2n) is 8.68. The highest BCUT2D eigenvalue weighted by atomic mass is 16.5. The molecule has 2 fully saturated rings. The number of piperidine rings is 1. The zero-order valence-corrected chi connectivity index (χ0v) is 17.9. The number of morpholine rings is 1. The van der Waals surface area contributed by atoms with Crippen LogP contribution in [0.2, 0.25) is 0 Å². The van der Waals surface area contributed by atoms with Crippen LogP contribution in [0.15, 0.2) is 42.7 Å².